The predicted molar refractivity (Wildman–Crippen MR) is 109 cm³/mol. The second kappa shape index (κ2) is 7.64. The summed E-state index contributed by atoms with van der Waals surface area (Å²) in [5.74, 6) is -0.398. The molecule has 0 aliphatic carbocycles. The maximum absolute atomic E-state index is 12.9. The number of amides is 1. The summed E-state index contributed by atoms with van der Waals surface area (Å²) in [6, 6.07) is 13.3. The van der Waals surface area contributed by atoms with Gasteiger partial charge in [0.05, 0.1) is 12.1 Å². The van der Waals surface area contributed by atoms with E-state index in [-0.39, 0.29) is 5.91 Å². The van der Waals surface area contributed by atoms with Gasteiger partial charge in [-0.05, 0) is 37.2 Å². The highest BCUT2D eigenvalue weighted by molar-refractivity contribution is 5.97. The van der Waals surface area contributed by atoms with Crippen LogP contribution in [0.4, 0.5) is 0 Å². The molecule has 1 aromatic heterocycles. The van der Waals surface area contributed by atoms with Crippen molar-refractivity contribution in [1.29, 1.82) is 0 Å². The zero-order valence-electron chi connectivity index (χ0n) is 16.4. The standard InChI is InChI=1S/C22H25N3O3/c1-3-23-10-12-24(13-11-23)21(26)18-8-9-20-19(14-18)25(22(27)28-20)15-17-6-4-16(2)5-7-17/h4-9,14H,3,10-13,15H2,1-2H3. The molecule has 1 fully saturated rings. The maximum atomic E-state index is 12.9. The molecule has 0 unspecified atom stereocenters. The molecule has 0 radical (unpaired) electrons. The molecule has 28 heavy (non-hydrogen) atoms. The zero-order chi connectivity index (χ0) is 19.7. The van der Waals surface area contributed by atoms with Gasteiger partial charge in [0.25, 0.3) is 5.91 Å². The molecule has 1 aliphatic heterocycles. The Labute approximate surface area is 164 Å². The Morgan fingerprint density at radius 2 is 1.75 bits per heavy atom. The van der Waals surface area contributed by atoms with E-state index in [4.69, 9.17) is 4.42 Å². The van der Waals surface area contributed by atoms with Crippen LogP contribution in [0, 0.1) is 6.92 Å². The Morgan fingerprint density at radius 1 is 1.04 bits per heavy atom. The van der Waals surface area contributed by atoms with Crippen molar-refractivity contribution in [3.05, 3.63) is 69.7 Å². The number of oxazole rings is 1. The smallest absolute Gasteiger partial charge is 0.408 e. The van der Waals surface area contributed by atoms with Gasteiger partial charge in [0.15, 0.2) is 5.58 Å². The number of carbonyl (C=O) groups is 1. The van der Waals surface area contributed by atoms with Crippen LogP contribution in [0.5, 0.6) is 0 Å². The van der Waals surface area contributed by atoms with E-state index >= 15 is 0 Å². The number of likely N-dealkylation sites (N-methyl/N-ethyl adjacent to an activating group) is 1. The fourth-order valence-electron chi connectivity index (χ4n) is 3.67. The molecular weight excluding hydrogens is 354 g/mol. The highest BCUT2D eigenvalue weighted by Crippen LogP contribution is 2.19. The highest BCUT2D eigenvalue weighted by atomic mass is 16.4. The van der Waals surface area contributed by atoms with E-state index in [1.807, 2.05) is 36.1 Å². The minimum Gasteiger partial charge on any atom is -0.408 e. The highest BCUT2D eigenvalue weighted by Gasteiger charge is 2.22. The molecule has 0 spiro atoms. The van der Waals surface area contributed by atoms with Crippen molar-refractivity contribution in [1.82, 2.24) is 14.4 Å². The third-order valence-electron chi connectivity index (χ3n) is 5.48. The second-order valence-corrected chi connectivity index (χ2v) is 7.35. The van der Waals surface area contributed by atoms with Gasteiger partial charge >= 0.3 is 5.76 Å². The summed E-state index contributed by atoms with van der Waals surface area (Å²) in [5, 5.41) is 0. The first-order valence-electron chi connectivity index (χ1n) is 9.75. The van der Waals surface area contributed by atoms with Crippen molar-refractivity contribution in [2.45, 2.75) is 20.4 Å². The van der Waals surface area contributed by atoms with Crippen molar-refractivity contribution < 1.29 is 9.21 Å². The number of hydrogen-bond acceptors (Lipinski definition) is 4. The molecule has 4 rings (SSSR count). The predicted octanol–water partition coefficient (Wildman–Crippen LogP) is 2.73. The van der Waals surface area contributed by atoms with Crippen molar-refractivity contribution in [2.24, 2.45) is 0 Å². The number of aryl methyl sites for hydroxylation is 1. The molecule has 1 aliphatic rings. The molecule has 146 valence electrons. The summed E-state index contributed by atoms with van der Waals surface area (Å²) in [5.41, 5.74) is 3.94. The number of fused-ring (bicyclic) bond motifs is 1. The van der Waals surface area contributed by atoms with Crippen LogP contribution < -0.4 is 5.76 Å². The molecule has 1 amide bonds. The van der Waals surface area contributed by atoms with Crippen molar-refractivity contribution in [2.75, 3.05) is 32.7 Å². The molecule has 0 atom stereocenters. The first-order valence-corrected chi connectivity index (χ1v) is 9.75. The lowest BCUT2D eigenvalue weighted by Gasteiger charge is -2.34. The Hall–Kier alpha value is -2.86. The number of rotatable bonds is 4. The number of hydrogen-bond donors (Lipinski definition) is 0. The summed E-state index contributed by atoms with van der Waals surface area (Å²) in [6.45, 7) is 8.84. The molecule has 0 N–H and O–H groups in total. The molecule has 2 heterocycles. The Bertz CT molecular complexity index is 1040. The molecule has 0 saturated carbocycles. The van der Waals surface area contributed by atoms with Crippen molar-refractivity contribution in [3.8, 4) is 0 Å². The molecular formula is C22H25N3O3. The Kier molecular flexibility index (Phi) is 5.05. The molecule has 2 aromatic carbocycles. The first-order chi connectivity index (χ1) is 13.5. The lowest BCUT2D eigenvalue weighted by atomic mass is 10.1. The van der Waals surface area contributed by atoms with Crippen LogP contribution in [0.1, 0.15) is 28.4 Å². The Morgan fingerprint density at radius 3 is 2.43 bits per heavy atom. The fraction of sp³-hybridized carbons (Fsp3) is 0.364. The third kappa shape index (κ3) is 3.60. The minimum absolute atomic E-state index is 0.00758. The van der Waals surface area contributed by atoms with Crippen LogP contribution in [-0.4, -0.2) is 53.0 Å². The van der Waals surface area contributed by atoms with E-state index in [1.54, 1.807) is 22.8 Å². The van der Waals surface area contributed by atoms with Gasteiger partial charge in [0.2, 0.25) is 0 Å². The summed E-state index contributed by atoms with van der Waals surface area (Å²) < 4.78 is 6.97. The van der Waals surface area contributed by atoms with Crippen LogP contribution >= 0.6 is 0 Å². The lowest BCUT2D eigenvalue weighted by Crippen LogP contribution is -2.48. The minimum atomic E-state index is -0.406. The van der Waals surface area contributed by atoms with Gasteiger partial charge in [-0.3, -0.25) is 9.36 Å². The van der Waals surface area contributed by atoms with E-state index in [0.29, 0.717) is 23.2 Å². The van der Waals surface area contributed by atoms with Crippen LogP contribution in [-0.2, 0) is 6.54 Å². The summed E-state index contributed by atoms with van der Waals surface area (Å²) in [4.78, 5) is 29.5. The van der Waals surface area contributed by atoms with E-state index in [1.165, 1.54) is 5.56 Å². The molecule has 6 heteroatoms. The van der Waals surface area contributed by atoms with Gasteiger partial charge < -0.3 is 14.2 Å². The topological polar surface area (TPSA) is 58.7 Å². The van der Waals surface area contributed by atoms with Crippen molar-refractivity contribution >= 4 is 17.0 Å². The van der Waals surface area contributed by atoms with Crippen LogP contribution in [0.2, 0.25) is 0 Å². The molecule has 1 saturated heterocycles. The first kappa shape index (κ1) is 18.5. The van der Waals surface area contributed by atoms with Gasteiger partial charge in [0, 0.05) is 31.7 Å². The number of benzene rings is 2. The van der Waals surface area contributed by atoms with E-state index in [0.717, 1.165) is 38.3 Å². The number of carbonyl (C=O) groups excluding carboxylic acids is 1. The summed E-state index contributed by atoms with van der Waals surface area (Å²) >= 11 is 0. The largest absolute Gasteiger partial charge is 0.420 e. The van der Waals surface area contributed by atoms with Gasteiger partial charge in [-0.1, -0.05) is 36.8 Å². The van der Waals surface area contributed by atoms with Gasteiger partial charge in [-0.2, -0.15) is 0 Å². The normalized spacial score (nSPS) is 15.3. The SMILES string of the molecule is CCN1CCN(C(=O)c2ccc3oc(=O)n(Cc4ccc(C)cc4)c3c2)CC1. The van der Waals surface area contributed by atoms with E-state index in [2.05, 4.69) is 11.8 Å². The molecule has 0 bridgehead atoms. The lowest BCUT2D eigenvalue weighted by molar-refractivity contribution is 0.0643. The number of nitrogens with zero attached hydrogens (tertiary/aromatic N) is 3. The summed E-state index contributed by atoms with van der Waals surface area (Å²) in [6.07, 6.45) is 0. The zero-order valence-corrected chi connectivity index (χ0v) is 16.4. The van der Waals surface area contributed by atoms with E-state index in [9.17, 15) is 9.59 Å². The van der Waals surface area contributed by atoms with Crippen LogP contribution in [0.25, 0.3) is 11.1 Å². The molecule has 3 aromatic rings. The Balaban J connectivity index is 1.62. The average Bonchev–Trinajstić information content (AvgIpc) is 3.03. The maximum Gasteiger partial charge on any atom is 0.420 e. The van der Waals surface area contributed by atoms with Gasteiger partial charge in [0.1, 0.15) is 0 Å². The van der Waals surface area contributed by atoms with E-state index < -0.39 is 5.76 Å². The second-order valence-electron chi connectivity index (χ2n) is 7.35. The fourth-order valence-corrected chi connectivity index (χ4v) is 3.67. The van der Waals surface area contributed by atoms with Crippen LogP contribution in [0.3, 0.4) is 0 Å². The quantitative estimate of drug-likeness (QED) is 0.699. The number of piperazine rings is 1. The monoisotopic (exact) mass is 379 g/mol. The summed E-state index contributed by atoms with van der Waals surface area (Å²) in [7, 11) is 0. The van der Waals surface area contributed by atoms with Gasteiger partial charge in [-0.25, -0.2) is 4.79 Å². The van der Waals surface area contributed by atoms with Crippen LogP contribution in [0.15, 0.2) is 51.7 Å². The average molecular weight is 379 g/mol. The number of aromatic nitrogens is 1. The third-order valence-corrected chi connectivity index (χ3v) is 5.48. The van der Waals surface area contributed by atoms with Crippen molar-refractivity contribution in [3.63, 3.8) is 0 Å². The van der Waals surface area contributed by atoms with Gasteiger partial charge in [-0.15, -0.1) is 0 Å². The molecule has 6 nitrogen and oxygen atoms in total.